The highest BCUT2D eigenvalue weighted by Gasteiger charge is 2.30. The molecule has 0 aliphatic carbocycles. The predicted molar refractivity (Wildman–Crippen MR) is 77.8 cm³/mol. The Labute approximate surface area is 119 Å². The van der Waals surface area contributed by atoms with Crippen LogP contribution in [0.3, 0.4) is 0 Å². The van der Waals surface area contributed by atoms with E-state index in [1.807, 2.05) is 24.3 Å². The van der Waals surface area contributed by atoms with Crippen LogP contribution in [0.15, 0.2) is 24.3 Å². The monoisotopic (exact) mass is 274 g/mol. The zero-order chi connectivity index (χ0) is 13.9. The van der Waals surface area contributed by atoms with Crippen LogP contribution in [0.1, 0.15) is 31.7 Å². The summed E-state index contributed by atoms with van der Waals surface area (Å²) in [5.41, 5.74) is 1.12. The molecule has 4 nitrogen and oxygen atoms in total. The number of fused-ring (bicyclic) bond motifs is 1. The van der Waals surface area contributed by atoms with Crippen LogP contribution in [-0.4, -0.2) is 30.6 Å². The molecular formula is C16H22N2O2. The predicted octanol–water partition coefficient (Wildman–Crippen LogP) is 1.64. The highest BCUT2D eigenvalue weighted by Crippen LogP contribution is 2.28. The largest absolute Gasteiger partial charge is 0.480 e. The van der Waals surface area contributed by atoms with E-state index in [4.69, 9.17) is 4.74 Å². The van der Waals surface area contributed by atoms with Gasteiger partial charge in [0.1, 0.15) is 5.75 Å². The molecule has 0 radical (unpaired) electrons. The third kappa shape index (κ3) is 2.80. The molecule has 1 aromatic carbocycles. The van der Waals surface area contributed by atoms with Gasteiger partial charge in [-0.3, -0.25) is 4.79 Å². The first-order valence-corrected chi connectivity index (χ1v) is 7.52. The number of hydrogen-bond donors (Lipinski definition) is 2. The van der Waals surface area contributed by atoms with E-state index in [-0.39, 0.29) is 18.1 Å². The van der Waals surface area contributed by atoms with Crippen LogP contribution >= 0.6 is 0 Å². The van der Waals surface area contributed by atoms with Crippen molar-refractivity contribution in [3.05, 3.63) is 29.8 Å². The lowest BCUT2D eigenvalue weighted by molar-refractivity contribution is -0.128. The van der Waals surface area contributed by atoms with Crippen molar-refractivity contribution in [3.63, 3.8) is 0 Å². The second-order valence-electron chi connectivity index (χ2n) is 5.77. The Hall–Kier alpha value is -1.55. The van der Waals surface area contributed by atoms with Crippen LogP contribution in [0, 0.1) is 0 Å². The Kier molecular flexibility index (Phi) is 3.92. The molecule has 1 saturated heterocycles. The molecule has 0 aromatic heterocycles. The van der Waals surface area contributed by atoms with Gasteiger partial charge in [0.15, 0.2) is 6.10 Å². The smallest absolute Gasteiger partial charge is 0.261 e. The molecule has 0 spiro atoms. The molecule has 108 valence electrons. The quantitative estimate of drug-likeness (QED) is 0.881. The van der Waals surface area contributed by atoms with Crippen molar-refractivity contribution in [3.8, 4) is 5.75 Å². The Morgan fingerprint density at radius 1 is 1.40 bits per heavy atom. The van der Waals surface area contributed by atoms with Gasteiger partial charge in [-0.25, -0.2) is 0 Å². The van der Waals surface area contributed by atoms with Crippen molar-refractivity contribution in [1.29, 1.82) is 0 Å². The van der Waals surface area contributed by atoms with Gasteiger partial charge in [-0.05, 0) is 37.9 Å². The Bertz CT molecular complexity index is 458. The van der Waals surface area contributed by atoms with Crippen LogP contribution in [0.5, 0.6) is 5.75 Å². The minimum absolute atomic E-state index is 0.000994. The van der Waals surface area contributed by atoms with Gasteiger partial charge in [0.2, 0.25) is 0 Å². The molecular weight excluding hydrogens is 252 g/mol. The molecule has 2 aliphatic heterocycles. The third-order valence-corrected chi connectivity index (χ3v) is 4.26. The number of rotatable bonds is 3. The normalized spacial score (nSPS) is 26.4. The summed E-state index contributed by atoms with van der Waals surface area (Å²) in [6.07, 6.45) is 3.90. The van der Waals surface area contributed by atoms with Crippen molar-refractivity contribution in [2.75, 3.05) is 6.54 Å². The first-order chi connectivity index (χ1) is 9.74. The van der Waals surface area contributed by atoms with Gasteiger partial charge in [0.05, 0.1) is 0 Å². The average molecular weight is 274 g/mol. The fraction of sp³-hybridized carbons (Fsp3) is 0.562. The number of amides is 1. The van der Waals surface area contributed by atoms with Gasteiger partial charge < -0.3 is 15.4 Å². The fourth-order valence-corrected chi connectivity index (χ4v) is 3.05. The van der Waals surface area contributed by atoms with E-state index in [1.165, 1.54) is 12.8 Å². The molecule has 2 N–H and O–H groups in total. The second-order valence-corrected chi connectivity index (χ2v) is 5.77. The summed E-state index contributed by atoms with van der Waals surface area (Å²) < 4.78 is 5.72. The van der Waals surface area contributed by atoms with Crippen molar-refractivity contribution < 1.29 is 9.53 Å². The lowest BCUT2D eigenvalue weighted by atomic mass is 9.99. The molecule has 4 heteroatoms. The van der Waals surface area contributed by atoms with Gasteiger partial charge in [-0.15, -0.1) is 0 Å². The van der Waals surface area contributed by atoms with Crippen LogP contribution in [0.25, 0.3) is 0 Å². The zero-order valence-electron chi connectivity index (χ0n) is 11.9. The van der Waals surface area contributed by atoms with E-state index in [9.17, 15) is 4.79 Å². The van der Waals surface area contributed by atoms with E-state index in [0.717, 1.165) is 24.3 Å². The van der Waals surface area contributed by atoms with E-state index in [1.54, 1.807) is 0 Å². The number of carbonyl (C=O) groups is 1. The number of para-hydroxylation sites is 1. The summed E-state index contributed by atoms with van der Waals surface area (Å²) in [4.78, 5) is 12.3. The van der Waals surface area contributed by atoms with Crippen molar-refractivity contribution >= 4 is 5.91 Å². The minimum Gasteiger partial charge on any atom is -0.480 e. The summed E-state index contributed by atoms with van der Waals surface area (Å²) in [6, 6.07) is 8.40. The van der Waals surface area contributed by atoms with Crippen molar-refractivity contribution in [2.45, 2.75) is 50.8 Å². The van der Waals surface area contributed by atoms with Gasteiger partial charge >= 0.3 is 0 Å². The standard InChI is InChI=1S/C16H22N2O2/c1-11(13-7-4-5-9-17-13)18-16(19)15-10-12-6-2-3-8-14(12)20-15/h2-3,6,8,11,13,15,17H,4-5,7,9-10H2,1H3,(H,18,19). The summed E-state index contributed by atoms with van der Waals surface area (Å²) >= 11 is 0. The molecule has 1 fully saturated rings. The fourth-order valence-electron chi connectivity index (χ4n) is 3.05. The number of ether oxygens (including phenoxy) is 1. The summed E-state index contributed by atoms with van der Waals surface area (Å²) in [5.74, 6) is 0.845. The van der Waals surface area contributed by atoms with Crippen molar-refractivity contribution in [1.82, 2.24) is 10.6 Å². The van der Waals surface area contributed by atoms with Crippen LogP contribution in [0.4, 0.5) is 0 Å². The average Bonchev–Trinajstić information content (AvgIpc) is 2.92. The van der Waals surface area contributed by atoms with Gasteiger partial charge in [-0.2, -0.15) is 0 Å². The number of benzene rings is 1. The summed E-state index contributed by atoms with van der Waals surface area (Å²) in [7, 11) is 0. The molecule has 2 heterocycles. The highest BCUT2D eigenvalue weighted by molar-refractivity contribution is 5.82. The SMILES string of the molecule is CC(NC(=O)C1Cc2ccccc2O1)C1CCCCN1. The number of piperidine rings is 1. The van der Waals surface area contributed by atoms with Crippen LogP contribution in [-0.2, 0) is 11.2 Å². The van der Waals surface area contributed by atoms with Gasteiger partial charge in [-0.1, -0.05) is 24.6 Å². The maximum absolute atomic E-state index is 12.3. The summed E-state index contributed by atoms with van der Waals surface area (Å²) in [5, 5.41) is 6.58. The summed E-state index contributed by atoms with van der Waals surface area (Å²) in [6.45, 7) is 3.12. The number of hydrogen-bond acceptors (Lipinski definition) is 3. The molecule has 2 aliphatic rings. The van der Waals surface area contributed by atoms with Gasteiger partial charge in [0, 0.05) is 18.5 Å². The van der Waals surface area contributed by atoms with E-state index >= 15 is 0 Å². The lowest BCUT2D eigenvalue weighted by Gasteiger charge is -2.30. The van der Waals surface area contributed by atoms with Crippen LogP contribution < -0.4 is 15.4 Å². The second kappa shape index (κ2) is 5.83. The minimum atomic E-state index is -0.376. The first kappa shape index (κ1) is 13.4. The maximum Gasteiger partial charge on any atom is 0.261 e. The topological polar surface area (TPSA) is 50.4 Å². The lowest BCUT2D eigenvalue weighted by Crippen LogP contribution is -2.52. The number of nitrogens with one attached hydrogen (secondary N) is 2. The zero-order valence-corrected chi connectivity index (χ0v) is 11.9. The van der Waals surface area contributed by atoms with E-state index in [2.05, 4.69) is 17.6 Å². The number of carbonyl (C=O) groups excluding carboxylic acids is 1. The molecule has 1 aromatic rings. The molecule has 0 bridgehead atoms. The Balaban J connectivity index is 1.55. The van der Waals surface area contributed by atoms with Crippen molar-refractivity contribution in [2.24, 2.45) is 0 Å². The molecule has 3 rings (SSSR count). The first-order valence-electron chi connectivity index (χ1n) is 7.52. The highest BCUT2D eigenvalue weighted by atomic mass is 16.5. The molecule has 3 atom stereocenters. The van der Waals surface area contributed by atoms with Crippen LogP contribution in [0.2, 0.25) is 0 Å². The van der Waals surface area contributed by atoms with E-state index in [0.29, 0.717) is 12.5 Å². The molecule has 0 saturated carbocycles. The molecule has 1 amide bonds. The van der Waals surface area contributed by atoms with Gasteiger partial charge in [0.25, 0.3) is 5.91 Å². The molecule has 3 unspecified atom stereocenters. The third-order valence-electron chi connectivity index (χ3n) is 4.26. The Morgan fingerprint density at radius 2 is 2.25 bits per heavy atom. The maximum atomic E-state index is 12.3. The Morgan fingerprint density at radius 3 is 3.00 bits per heavy atom. The van der Waals surface area contributed by atoms with E-state index < -0.39 is 0 Å². The molecule has 20 heavy (non-hydrogen) atoms.